The Balaban J connectivity index is 1.84. The van der Waals surface area contributed by atoms with Crippen molar-refractivity contribution in [1.29, 1.82) is 0 Å². The van der Waals surface area contributed by atoms with Crippen LogP contribution in [0.3, 0.4) is 0 Å². The highest BCUT2D eigenvalue weighted by Crippen LogP contribution is 2.28. The van der Waals surface area contributed by atoms with Gasteiger partial charge in [-0.1, -0.05) is 26.0 Å². The summed E-state index contributed by atoms with van der Waals surface area (Å²) in [7, 11) is 1.57. The largest absolute Gasteiger partial charge is 0.481 e. The van der Waals surface area contributed by atoms with Crippen molar-refractivity contribution < 1.29 is 14.7 Å². The smallest absolute Gasteiger partial charge is 0.250 e. The number of aromatic nitrogens is 2. The zero-order valence-electron chi connectivity index (χ0n) is 16.1. The molecular weight excluding hydrogens is 356 g/mol. The third-order valence-corrected chi connectivity index (χ3v) is 4.51. The predicted octanol–water partition coefficient (Wildman–Crippen LogP) is 4.02. The minimum atomic E-state index is -0.394. The summed E-state index contributed by atoms with van der Waals surface area (Å²) in [4.78, 5) is 20.7. The van der Waals surface area contributed by atoms with Crippen molar-refractivity contribution in [3.05, 3.63) is 54.2 Å². The molecule has 3 N–H and O–H groups in total. The maximum Gasteiger partial charge on any atom is 0.250 e. The molecule has 0 saturated carbocycles. The molecule has 0 aliphatic heterocycles. The van der Waals surface area contributed by atoms with Gasteiger partial charge in [0.25, 0.3) is 5.91 Å². The number of methoxy groups -OCH3 is 1. The average molecular weight is 380 g/mol. The van der Waals surface area contributed by atoms with E-state index >= 15 is 0 Å². The zero-order chi connectivity index (χ0) is 20.1. The maximum absolute atomic E-state index is 12.0. The second-order valence-electron chi connectivity index (χ2n) is 6.99. The van der Waals surface area contributed by atoms with Crippen LogP contribution in [0.15, 0.2) is 48.7 Å². The van der Waals surface area contributed by atoms with Gasteiger partial charge in [-0.15, -0.1) is 0 Å². The van der Waals surface area contributed by atoms with Crippen molar-refractivity contribution in [1.82, 2.24) is 15.4 Å². The van der Waals surface area contributed by atoms with Gasteiger partial charge in [0.15, 0.2) is 5.65 Å². The molecule has 0 saturated heterocycles. The van der Waals surface area contributed by atoms with Gasteiger partial charge in [-0.2, -0.15) is 4.98 Å². The molecule has 1 unspecified atom stereocenters. The highest BCUT2D eigenvalue weighted by Gasteiger charge is 2.21. The van der Waals surface area contributed by atoms with Crippen LogP contribution in [0, 0.1) is 5.92 Å². The lowest BCUT2D eigenvalue weighted by molar-refractivity contribution is -0.131. The van der Waals surface area contributed by atoms with Crippen molar-refractivity contribution in [3.8, 4) is 5.88 Å². The molecule has 1 amide bonds. The number of carbonyl (C=O) groups is 1. The Morgan fingerprint density at radius 2 is 1.89 bits per heavy atom. The molecule has 1 atom stereocenters. The second kappa shape index (κ2) is 8.67. The number of nitrogens with zero attached hydrogens (tertiary/aromatic N) is 2. The maximum atomic E-state index is 12.0. The number of benzene rings is 1. The van der Waals surface area contributed by atoms with Crippen LogP contribution in [0.2, 0.25) is 0 Å². The quantitative estimate of drug-likeness (QED) is 0.423. The fourth-order valence-electron chi connectivity index (χ4n) is 3.13. The van der Waals surface area contributed by atoms with Crippen LogP contribution in [0.25, 0.3) is 11.0 Å². The van der Waals surface area contributed by atoms with Crippen LogP contribution in [0.4, 0.5) is 11.4 Å². The fourth-order valence-corrected chi connectivity index (χ4v) is 3.13. The van der Waals surface area contributed by atoms with E-state index in [4.69, 9.17) is 9.94 Å². The molecule has 3 rings (SSSR count). The first-order chi connectivity index (χ1) is 13.5. The Kier molecular flexibility index (Phi) is 6.06. The number of hydrogen-bond acceptors (Lipinski definition) is 6. The highest BCUT2D eigenvalue weighted by atomic mass is 16.5. The van der Waals surface area contributed by atoms with Gasteiger partial charge in [0.05, 0.1) is 18.7 Å². The van der Waals surface area contributed by atoms with Gasteiger partial charge in [-0.25, -0.2) is 10.5 Å². The number of fused-ring (bicyclic) bond motifs is 1. The summed E-state index contributed by atoms with van der Waals surface area (Å²) >= 11 is 0. The summed E-state index contributed by atoms with van der Waals surface area (Å²) in [6.07, 6.45) is 2.34. The summed E-state index contributed by atoms with van der Waals surface area (Å²) in [5.74, 6) is 0.0552. The van der Waals surface area contributed by atoms with Gasteiger partial charge in [0.1, 0.15) is 0 Å². The minimum absolute atomic E-state index is 0.327. The Hall–Kier alpha value is -3.19. The third kappa shape index (κ3) is 4.37. The van der Waals surface area contributed by atoms with E-state index in [-0.39, 0.29) is 0 Å². The molecule has 7 heteroatoms. The van der Waals surface area contributed by atoms with E-state index in [1.54, 1.807) is 24.9 Å². The van der Waals surface area contributed by atoms with Crippen molar-refractivity contribution in [2.24, 2.45) is 5.92 Å². The number of hydrogen-bond donors (Lipinski definition) is 3. The first-order valence-corrected chi connectivity index (χ1v) is 9.12. The van der Waals surface area contributed by atoms with Crippen molar-refractivity contribution in [3.63, 3.8) is 0 Å². The molecule has 0 bridgehead atoms. The monoisotopic (exact) mass is 380 g/mol. The molecular formula is C21H24N4O3. The molecule has 0 aliphatic rings. The van der Waals surface area contributed by atoms with E-state index in [2.05, 4.69) is 15.3 Å². The molecule has 3 aromatic rings. The molecule has 0 fully saturated rings. The molecule has 0 aliphatic carbocycles. The number of pyridine rings is 2. The van der Waals surface area contributed by atoms with Crippen LogP contribution in [-0.4, -0.2) is 28.2 Å². The summed E-state index contributed by atoms with van der Waals surface area (Å²) in [5.41, 5.74) is 4.98. The van der Waals surface area contributed by atoms with E-state index in [0.29, 0.717) is 23.9 Å². The lowest BCUT2D eigenvalue weighted by Crippen LogP contribution is -2.27. The number of rotatable bonds is 7. The molecule has 0 radical (unpaired) electrons. The third-order valence-electron chi connectivity index (χ3n) is 4.51. The van der Waals surface area contributed by atoms with Gasteiger partial charge >= 0.3 is 0 Å². The molecule has 2 aromatic heterocycles. The first-order valence-electron chi connectivity index (χ1n) is 9.12. The van der Waals surface area contributed by atoms with Crippen molar-refractivity contribution in [2.45, 2.75) is 26.2 Å². The van der Waals surface area contributed by atoms with Gasteiger partial charge in [0, 0.05) is 23.3 Å². The van der Waals surface area contributed by atoms with Gasteiger partial charge in [0.2, 0.25) is 5.88 Å². The predicted molar refractivity (Wildman–Crippen MR) is 108 cm³/mol. The van der Waals surface area contributed by atoms with Gasteiger partial charge in [-0.3, -0.25) is 10.0 Å². The summed E-state index contributed by atoms with van der Waals surface area (Å²) < 4.78 is 5.15. The van der Waals surface area contributed by atoms with E-state index in [9.17, 15) is 4.79 Å². The molecule has 0 spiro atoms. The number of ether oxygens (including phenoxy) is 1. The van der Waals surface area contributed by atoms with Crippen molar-refractivity contribution >= 4 is 28.3 Å². The number of carbonyl (C=O) groups excluding carboxylic acids is 1. The van der Waals surface area contributed by atoms with Crippen LogP contribution < -0.4 is 15.5 Å². The average Bonchev–Trinajstić information content (AvgIpc) is 2.71. The highest BCUT2D eigenvalue weighted by molar-refractivity contribution is 5.91. The Bertz CT molecular complexity index is 958. The van der Waals surface area contributed by atoms with E-state index < -0.39 is 11.8 Å². The van der Waals surface area contributed by atoms with E-state index in [1.165, 1.54) is 0 Å². The standard InChI is InChI=1S/C21H24N4O3/c1-13(2)12-17(21(26)25-27)14-4-6-15(7-5-14)23-18-10-11-22-20-16(18)8-9-19(24-20)28-3/h4-11,13,17,27H,12H2,1-3H3,(H,25,26)(H,22,23,24). The Morgan fingerprint density at radius 3 is 2.54 bits per heavy atom. The topological polar surface area (TPSA) is 96.4 Å². The van der Waals surface area contributed by atoms with Gasteiger partial charge in [-0.05, 0) is 42.2 Å². The number of amides is 1. The normalized spacial score (nSPS) is 12.0. The van der Waals surface area contributed by atoms with Crippen LogP contribution in [-0.2, 0) is 4.79 Å². The lowest BCUT2D eigenvalue weighted by atomic mass is 9.89. The molecule has 28 heavy (non-hydrogen) atoms. The molecule has 7 nitrogen and oxygen atoms in total. The number of hydroxylamine groups is 1. The summed E-state index contributed by atoms with van der Waals surface area (Å²) in [6, 6.07) is 13.2. The van der Waals surface area contributed by atoms with Gasteiger partial charge < -0.3 is 10.1 Å². The second-order valence-corrected chi connectivity index (χ2v) is 6.99. The SMILES string of the molecule is COc1ccc2c(Nc3ccc(C(CC(C)C)C(=O)NO)cc3)ccnc2n1. The minimum Gasteiger partial charge on any atom is -0.481 e. The van der Waals surface area contributed by atoms with Crippen LogP contribution >= 0.6 is 0 Å². The number of anilines is 2. The molecule has 2 heterocycles. The van der Waals surface area contributed by atoms with Crippen LogP contribution in [0.1, 0.15) is 31.7 Å². The Morgan fingerprint density at radius 1 is 1.14 bits per heavy atom. The van der Waals surface area contributed by atoms with Crippen molar-refractivity contribution in [2.75, 3.05) is 12.4 Å². The fraction of sp³-hybridized carbons (Fsp3) is 0.286. The summed E-state index contributed by atoms with van der Waals surface area (Å²) in [5, 5.41) is 13.3. The first kappa shape index (κ1) is 19.6. The van der Waals surface area contributed by atoms with E-state index in [1.807, 2.05) is 50.2 Å². The molecule has 1 aromatic carbocycles. The Labute approximate surface area is 163 Å². The summed E-state index contributed by atoms with van der Waals surface area (Å²) in [6.45, 7) is 4.09. The lowest BCUT2D eigenvalue weighted by Gasteiger charge is -2.18. The van der Waals surface area contributed by atoms with Crippen LogP contribution in [0.5, 0.6) is 5.88 Å². The zero-order valence-corrected chi connectivity index (χ0v) is 16.1. The number of nitrogens with one attached hydrogen (secondary N) is 2. The van der Waals surface area contributed by atoms with E-state index in [0.717, 1.165) is 22.3 Å². The molecule has 146 valence electrons.